The molecule has 1 unspecified atom stereocenters. The van der Waals surface area contributed by atoms with Crippen molar-refractivity contribution in [3.05, 3.63) is 47.9 Å². The quantitative estimate of drug-likeness (QED) is 0.858. The molecule has 1 aromatic heterocycles. The first-order valence-electron chi connectivity index (χ1n) is 6.68. The minimum absolute atomic E-state index is 0.115. The van der Waals surface area contributed by atoms with Gasteiger partial charge >= 0.3 is 0 Å². The van der Waals surface area contributed by atoms with Gasteiger partial charge in [-0.3, -0.25) is 0 Å². The highest BCUT2D eigenvalue weighted by atomic mass is 32.2. The number of nitrogens with one attached hydrogen (secondary N) is 2. The lowest BCUT2D eigenvalue weighted by molar-refractivity contribution is 0.547. The summed E-state index contributed by atoms with van der Waals surface area (Å²) >= 11 is 0. The molecular formula is C14H19N3O2S. The lowest BCUT2D eigenvalue weighted by Crippen LogP contribution is -2.28. The van der Waals surface area contributed by atoms with Crippen molar-refractivity contribution in [3.8, 4) is 0 Å². The Morgan fingerprint density at radius 1 is 1.25 bits per heavy atom. The Morgan fingerprint density at radius 2 is 1.95 bits per heavy atom. The van der Waals surface area contributed by atoms with Gasteiger partial charge in [0.05, 0.1) is 6.20 Å². The van der Waals surface area contributed by atoms with Gasteiger partial charge < -0.3 is 4.98 Å². The number of H-pyrrole nitrogens is 1. The maximum Gasteiger partial charge on any atom is 0.258 e. The van der Waals surface area contributed by atoms with Crippen LogP contribution in [0.3, 0.4) is 0 Å². The molecular weight excluding hydrogens is 274 g/mol. The summed E-state index contributed by atoms with van der Waals surface area (Å²) in [7, 11) is -3.58. The zero-order chi connectivity index (χ0) is 14.6. The summed E-state index contributed by atoms with van der Waals surface area (Å²) < 4.78 is 27.4. The largest absolute Gasteiger partial charge is 0.332 e. The standard InChI is InChI=1S/C14H19N3O2S/c1-3-12(11-8-6-5-7-9-11)17-20(18,19)14-10-15-13(4-2)16-14/h5-10,12,17H,3-4H2,1-2H3,(H,15,16). The van der Waals surface area contributed by atoms with Crippen LogP contribution in [0.5, 0.6) is 0 Å². The number of aryl methyl sites for hydroxylation is 1. The van der Waals surface area contributed by atoms with Gasteiger partial charge in [0.1, 0.15) is 5.82 Å². The Hall–Kier alpha value is -1.66. The number of aromatic nitrogens is 2. The Kier molecular flexibility index (Phi) is 4.57. The molecule has 0 fully saturated rings. The van der Waals surface area contributed by atoms with Crippen molar-refractivity contribution in [2.75, 3.05) is 0 Å². The van der Waals surface area contributed by atoms with E-state index in [1.165, 1.54) is 6.20 Å². The summed E-state index contributed by atoms with van der Waals surface area (Å²) in [6.07, 6.45) is 2.71. The number of hydrogen-bond acceptors (Lipinski definition) is 3. The third-order valence-corrected chi connectivity index (χ3v) is 4.52. The summed E-state index contributed by atoms with van der Waals surface area (Å²) in [6, 6.07) is 9.31. The first-order chi connectivity index (χ1) is 9.56. The molecule has 0 bridgehead atoms. The maximum atomic E-state index is 12.3. The third-order valence-electron chi connectivity index (χ3n) is 3.14. The molecule has 0 aliphatic carbocycles. The monoisotopic (exact) mass is 293 g/mol. The van der Waals surface area contributed by atoms with Crippen molar-refractivity contribution in [3.63, 3.8) is 0 Å². The number of benzene rings is 1. The minimum Gasteiger partial charge on any atom is -0.332 e. The van der Waals surface area contributed by atoms with E-state index in [9.17, 15) is 8.42 Å². The van der Waals surface area contributed by atoms with Crippen LogP contribution in [-0.2, 0) is 16.4 Å². The second kappa shape index (κ2) is 6.19. The van der Waals surface area contributed by atoms with Crippen LogP contribution in [0.1, 0.15) is 37.7 Å². The molecule has 1 heterocycles. The van der Waals surface area contributed by atoms with Crippen molar-refractivity contribution in [1.82, 2.24) is 14.7 Å². The summed E-state index contributed by atoms with van der Waals surface area (Å²) in [5.74, 6) is 0.665. The Bertz CT molecular complexity index is 650. The molecule has 5 nitrogen and oxygen atoms in total. The molecule has 1 aromatic carbocycles. The van der Waals surface area contributed by atoms with Gasteiger partial charge in [0.2, 0.25) is 0 Å². The zero-order valence-electron chi connectivity index (χ0n) is 11.6. The van der Waals surface area contributed by atoms with E-state index in [1.807, 2.05) is 44.2 Å². The fourth-order valence-electron chi connectivity index (χ4n) is 1.98. The summed E-state index contributed by atoms with van der Waals surface area (Å²) in [5, 5.41) is 0.115. The molecule has 6 heteroatoms. The number of imidazole rings is 1. The molecule has 0 saturated heterocycles. The van der Waals surface area contributed by atoms with E-state index < -0.39 is 10.0 Å². The van der Waals surface area contributed by atoms with Gasteiger partial charge in [0.25, 0.3) is 10.0 Å². The lowest BCUT2D eigenvalue weighted by atomic mass is 10.1. The smallest absolute Gasteiger partial charge is 0.258 e. The summed E-state index contributed by atoms with van der Waals surface area (Å²) in [5.41, 5.74) is 0.953. The molecule has 20 heavy (non-hydrogen) atoms. The number of aromatic amines is 1. The van der Waals surface area contributed by atoms with E-state index in [0.29, 0.717) is 18.7 Å². The van der Waals surface area contributed by atoms with Crippen LogP contribution in [0.25, 0.3) is 0 Å². The van der Waals surface area contributed by atoms with E-state index >= 15 is 0 Å². The van der Waals surface area contributed by atoms with Crippen molar-refractivity contribution in [1.29, 1.82) is 0 Å². The molecule has 2 aromatic rings. The average molecular weight is 293 g/mol. The second-order valence-electron chi connectivity index (χ2n) is 4.54. The number of rotatable bonds is 6. The number of hydrogen-bond donors (Lipinski definition) is 2. The molecule has 0 amide bonds. The predicted molar refractivity (Wildman–Crippen MR) is 77.8 cm³/mol. The number of sulfonamides is 1. The van der Waals surface area contributed by atoms with E-state index in [4.69, 9.17) is 0 Å². The van der Waals surface area contributed by atoms with Crippen LogP contribution in [0.4, 0.5) is 0 Å². The normalized spacial score (nSPS) is 13.3. The van der Waals surface area contributed by atoms with E-state index in [-0.39, 0.29) is 11.1 Å². The molecule has 1 atom stereocenters. The van der Waals surface area contributed by atoms with Crippen molar-refractivity contribution in [2.45, 2.75) is 37.8 Å². The predicted octanol–water partition coefficient (Wildman–Crippen LogP) is 2.40. The summed E-state index contributed by atoms with van der Waals surface area (Å²) in [6.45, 7) is 3.87. The van der Waals surface area contributed by atoms with Crippen LogP contribution in [0.15, 0.2) is 41.6 Å². The van der Waals surface area contributed by atoms with Crippen LogP contribution in [-0.4, -0.2) is 18.4 Å². The highest BCUT2D eigenvalue weighted by molar-refractivity contribution is 7.89. The zero-order valence-corrected chi connectivity index (χ0v) is 12.4. The molecule has 0 radical (unpaired) electrons. The fourth-order valence-corrected chi connectivity index (χ4v) is 3.23. The average Bonchev–Trinajstić information content (AvgIpc) is 2.95. The van der Waals surface area contributed by atoms with Crippen molar-refractivity contribution >= 4 is 10.0 Å². The first kappa shape index (κ1) is 14.7. The molecule has 2 rings (SSSR count). The van der Waals surface area contributed by atoms with Gasteiger partial charge in [0, 0.05) is 12.5 Å². The fraction of sp³-hybridized carbons (Fsp3) is 0.357. The van der Waals surface area contributed by atoms with E-state index in [2.05, 4.69) is 14.7 Å². The molecule has 0 aliphatic heterocycles. The Labute approximate surface area is 119 Å². The molecule has 0 aliphatic rings. The maximum absolute atomic E-state index is 12.3. The van der Waals surface area contributed by atoms with Gasteiger partial charge in [0.15, 0.2) is 5.03 Å². The van der Waals surface area contributed by atoms with Gasteiger partial charge in [-0.05, 0) is 12.0 Å². The lowest BCUT2D eigenvalue weighted by Gasteiger charge is -2.16. The van der Waals surface area contributed by atoms with Crippen molar-refractivity contribution < 1.29 is 8.42 Å². The Balaban J connectivity index is 2.22. The number of nitrogens with zero attached hydrogens (tertiary/aromatic N) is 1. The molecule has 0 spiro atoms. The summed E-state index contributed by atoms with van der Waals surface area (Å²) in [4.78, 5) is 6.85. The van der Waals surface area contributed by atoms with Gasteiger partial charge in [-0.15, -0.1) is 0 Å². The highest BCUT2D eigenvalue weighted by Gasteiger charge is 2.21. The molecule has 2 N–H and O–H groups in total. The Morgan fingerprint density at radius 3 is 2.50 bits per heavy atom. The topological polar surface area (TPSA) is 74.8 Å². The van der Waals surface area contributed by atoms with E-state index in [0.717, 1.165) is 5.56 Å². The van der Waals surface area contributed by atoms with Gasteiger partial charge in [-0.25, -0.2) is 18.1 Å². The first-order valence-corrected chi connectivity index (χ1v) is 8.16. The van der Waals surface area contributed by atoms with Crippen LogP contribution in [0, 0.1) is 0 Å². The second-order valence-corrected chi connectivity index (χ2v) is 6.22. The molecule has 0 saturated carbocycles. The SMILES string of the molecule is CCc1ncc(S(=O)(=O)NC(CC)c2ccccc2)[nH]1. The van der Waals surface area contributed by atoms with Crippen LogP contribution >= 0.6 is 0 Å². The van der Waals surface area contributed by atoms with Gasteiger partial charge in [-0.1, -0.05) is 44.2 Å². The van der Waals surface area contributed by atoms with E-state index in [1.54, 1.807) is 0 Å². The van der Waals surface area contributed by atoms with Crippen LogP contribution < -0.4 is 4.72 Å². The van der Waals surface area contributed by atoms with Crippen LogP contribution in [0.2, 0.25) is 0 Å². The van der Waals surface area contributed by atoms with Gasteiger partial charge in [-0.2, -0.15) is 0 Å². The third kappa shape index (κ3) is 3.26. The minimum atomic E-state index is -3.58. The molecule has 108 valence electrons. The highest BCUT2D eigenvalue weighted by Crippen LogP contribution is 2.19. The van der Waals surface area contributed by atoms with Crippen molar-refractivity contribution in [2.24, 2.45) is 0 Å².